The summed E-state index contributed by atoms with van der Waals surface area (Å²) in [6.07, 6.45) is 1.69. The lowest BCUT2D eigenvalue weighted by atomic mass is 10.2. The molecule has 0 aliphatic rings. The van der Waals surface area contributed by atoms with Crippen molar-refractivity contribution in [3.63, 3.8) is 0 Å². The first-order valence-electron chi connectivity index (χ1n) is 7.17. The van der Waals surface area contributed by atoms with Crippen LogP contribution < -0.4 is 14.8 Å². The quantitative estimate of drug-likeness (QED) is 0.786. The molecule has 0 saturated heterocycles. The van der Waals surface area contributed by atoms with Crippen molar-refractivity contribution in [2.75, 3.05) is 19.0 Å². The number of benzene rings is 2. The van der Waals surface area contributed by atoms with Crippen molar-refractivity contribution >= 4 is 22.5 Å². The first-order valence-corrected chi connectivity index (χ1v) is 7.17. The van der Waals surface area contributed by atoms with Crippen LogP contribution in [0.25, 0.3) is 10.9 Å². The second kappa shape index (κ2) is 6.79. The number of amides is 1. The van der Waals surface area contributed by atoms with E-state index in [2.05, 4.69) is 10.3 Å². The number of aromatic nitrogens is 1. The number of hydrogen-bond donors (Lipinski definition) is 1. The molecule has 1 N–H and O–H groups in total. The van der Waals surface area contributed by atoms with Crippen LogP contribution in [0, 0.1) is 0 Å². The highest BCUT2D eigenvalue weighted by Crippen LogP contribution is 2.27. The summed E-state index contributed by atoms with van der Waals surface area (Å²) in [5, 5.41) is 3.72. The maximum atomic E-state index is 12.1. The predicted molar refractivity (Wildman–Crippen MR) is 88.9 cm³/mol. The number of carbonyl (C=O) groups is 1. The van der Waals surface area contributed by atoms with Gasteiger partial charge in [-0.1, -0.05) is 24.3 Å². The number of carbonyl (C=O) groups excluding carboxylic acids is 1. The number of rotatable bonds is 5. The maximum Gasteiger partial charge on any atom is 0.262 e. The molecule has 116 valence electrons. The number of hydrogen-bond acceptors (Lipinski definition) is 4. The van der Waals surface area contributed by atoms with Crippen molar-refractivity contribution in [1.29, 1.82) is 0 Å². The van der Waals surface area contributed by atoms with Gasteiger partial charge in [0.1, 0.15) is 11.5 Å². The Bertz CT molecular complexity index is 819. The summed E-state index contributed by atoms with van der Waals surface area (Å²) in [5.74, 6) is 1.05. The molecule has 0 aliphatic heterocycles. The Morgan fingerprint density at radius 2 is 1.91 bits per heavy atom. The van der Waals surface area contributed by atoms with Crippen molar-refractivity contribution in [3.8, 4) is 11.5 Å². The summed E-state index contributed by atoms with van der Waals surface area (Å²) < 4.78 is 10.7. The molecule has 5 nitrogen and oxygen atoms in total. The van der Waals surface area contributed by atoms with E-state index in [0.717, 1.165) is 5.39 Å². The van der Waals surface area contributed by atoms with Crippen molar-refractivity contribution in [1.82, 2.24) is 4.98 Å². The van der Waals surface area contributed by atoms with Gasteiger partial charge in [-0.2, -0.15) is 0 Å². The Morgan fingerprint density at radius 3 is 2.70 bits per heavy atom. The minimum absolute atomic E-state index is 0.0739. The van der Waals surface area contributed by atoms with E-state index < -0.39 is 0 Å². The fourth-order valence-electron chi connectivity index (χ4n) is 2.23. The van der Waals surface area contributed by atoms with E-state index in [1.54, 1.807) is 31.5 Å². The molecule has 1 aromatic heterocycles. The van der Waals surface area contributed by atoms with E-state index in [9.17, 15) is 4.79 Å². The van der Waals surface area contributed by atoms with Crippen LogP contribution in [-0.4, -0.2) is 24.6 Å². The maximum absolute atomic E-state index is 12.1. The molecule has 0 bridgehead atoms. The van der Waals surface area contributed by atoms with Gasteiger partial charge in [0.15, 0.2) is 6.61 Å². The Balaban J connectivity index is 1.76. The van der Waals surface area contributed by atoms with Gasteiger partial charge < -0.3 is 14.8 Å². The van der Waals surface area contributed by atoms with E-state index in [4.69, 9.17) is 9.47 Å². The van der Waals surface area contributed by atoms with Crippen LogP contribution in [0.15, 0.2) is 60.8 Å². The van der Waals surface area contributed by atoms with Crippen LogP contribution in [0.3, 0.4) is 0 Å². The van der Waals surface area contributed by atoms with Crippen molar-refractivity contribution < 1.29 is 14.3 Å². The molecule has 0 unspecified atom stereocenters. The molecule has 0 spiro atoms. The molecule has 0 fully saturated rings. The summed E-state index contributed by atoms with van der Waals surface area (Å²) in [4.78, 5) is 16.4. The lowest BCUT2D eigenvalue weighted by Crippen LogP contribution is -2.20. The van der Waals surface area contributed by atoms with Crippen LogP contribution in [0.2, 0.25) is 0 Å². The minimum Gasteiger partial charge on any atom is -0.497 e. The minimum atomic E-state index is -0.256. The van der Waals surface area contributed by atoms with Crippen LogP contribution in [0.1, 0.15) is 0 Å². The molecule has 3 rings (SSSR count). The zero-order chi connectivity index (χ0) is 16.1. The van der Waals surface area contributed by atoms with Crippen molar-refractivity contribution in [2.45, 2.75) is 0 Å². The lowest BCUT2D eigenvalue weighted by Gasteiger charge is -2.11. The van der Waals surface area contributed by atoms with Crippen LogP contribution in [0.4, 0.5) is 5.69 Å². The zero-order valence-electron chi connectivity index (χ0n) is 12.7. The number of para-hydroxylation sites is 1. The Labute approximate surface area is 133 Å². The first-order chi connectivity index (χ1) is 11.3. The van der Waals surface area contributed by atoms with Crippen LogP contribution in [0.5, 0.6) is 11.5 Å². The van der Waals surface area contributed by atoms with Crippen molar-refractivity contribution in [3.05, 3.63) is 60.8 Å². The fraction of sp³-hybridized carbons (Fsp3) is 0.111. The number of nitrogens with one attached hydrogen (secondary N) is 1. The number of anilines is 1. The zero-order valence-corrected chi connectivity index (χ0v) is 12.7. The Kier molecular flexibility index (Phi) is 4.38. The summed E-state index contributed by atoms with van der Waals surface area (Å²) in [6.45, 7) is -0.0739. The summed E-state index contributed by atoms with van der Waals surface area (Å²) >= 11 is 0. The molecule has 1 heterocycles. The smallest absolute Gasteiger partial charge is 0.262 e. The largest absolute Gasteiger partial charge is 0.497 e. The molecule has 5 heteroatoms. The normalized spacial score (nSPS) is 10.3. The van der Waals surface area contributed by atoms with Gasteiger partial charge in [-0.05, 0) is 24.3 Å². The molecular weight excluding hydrogens is 292 g/mol. The van der Waals surface area contributed by atoms with Gasteiger partial charge >= 0.3 is 0 Å². The summed E-state index contributed by atoms with van der Waals surface area (Å²) in [7, 11) is 1.58. The molecule has 1 amide bonds. The SMILES string of the molecule is COc1cc(NC(=O)COc2ccccc2)c2ncccc2c1. The second-order valence-corrected chi connectivity index (χ2v) is 4.90. The monoisotopic (exact) mass is 308 g/mol. The summed E-state index contributed by atoms with van der Waals surface area (Å²) in [6, 6.07) is 16.6. The molecule has 0 radical (unpaired) electrons. The van der Waals surface area contributed by atoms with Gasteiger partial charge in [0, 0.05) is 17.6 Å². The summed E-state index contributed by atoms with van der Waals surface area (Å²) in [5.41, 5.74) is 1.31. The van der Waals surface area contributed by atoms with E-state index in [0.29, 0.717) is 22.7 Å². The number of ether oxygens (including phenoxy) is 2. The predicted octanol–water partition coefficient (Wildman–Crippen LogP) is 3.26. The highest BCUT2D eigenvalue weighted by Gasteiger charge is 2.10. The van der Waals surface area contributed by atoms with Crippen LogP contribution >= 0.6 is 0 Å². The fourth-order valence-corrected chi connectivity index (χ4v) is 2.23. The van der Waals surface area contributed by atoms with Gasteiger partial charge in [-0.3, -0.25) is 9.78 Å². The van der Waals surface area contributed by atoms with Crippen LogP contribution in [-0.2, 0) is 4.79 Å². The average molecular weight is 308 g/mol. The molecule has 2 aromatic carbocycles. The van der Waals surface area contributed by atoms with Gasteiger partial charge in [-0.25, -0.2) is 0 Å². The highest BCUT2D eigenvalue weighted by molar-refractivity contribution is 6.01. The lowest BCUT2D eigenvalue weighted by molar-refractivity contribution is -0.118. The number of methoxy groups -OCH3 is 1. The standard InChI is InChI=1S/C18H16N2O3/c1-22-15-10-13-6-5-9-19-18(13)16(11-15)20-17(21)12-23-14-7-3-2-4-8-14/h2-11H,12H2,1H3,(H,20,21). The third kappa shape index (κ3) is 3.58. The molecule has 3 aromatic rings. The molecule has 0 atom stereocenters. The number of nitrogens with zero attached hydrogens (tertiary/aromatic N) is 1. The number of fused-ring (bicyclic) bond motifs is 1. The molecule has 23 heavy (non-hydrogen) atoms. The van der Waals surface area contributed by atoms with Gasteiger partial charge in [0.2, 0.25) is 0 Å². The van der Waals surface area contributed by atoms with Gasteiger partial charge in [0.05, 0.1) is 18.3 Å². The highest BCUT2D eigenvalue weighted by atomic mass is 16.5. The van der Waals surface area contributed by atoms with Gasteiger partial charge in [-0.15, -0.1) is 0 Å². The first kappa shape index (κ1) is 14.8. The third-order valence-corrected chi connectivity index (χ3v) is 3.30. The third-order valence-electron chi connectivity index (χ3n) is 3.30. The van der Waals surface area contributed by atoms with Crippen molar-refractivity contribution in [2.24, 2.45) is 0 Å². The topological polar surface area (TPSA) is 60.5 Å². The number of pyridine rings is 1. The van der Waals surface area contributed by atoms with E-state index in [1.165, 1.54) is 0 Å². The average Bonchev–Trinajstić information content (AvgIpc) is 2.60. The van der Waals surface area contributed by atoms with E-state index >= 15 is 0 Å². The molecule has 0 saturated carbocycles. The Morgan fingerprint density at radius 1 is 1.09 bits per heavy atom. The Hall–Kier alpha value is -3.08. The second-order valence-electron chi connectivity index (χ2n) is 4.90. The molecular formula is C18H16N2O3. The van der Waals surface area contributed by atoms with E-state index in [-0.39, 0.29) is 12.5 Å². The van der Waals surface area contributed by atoms with Gasteiger partial charge in [0.25, 0.3) is 5.91 Å². The van der Waals surface area contributed by atoms with E-state index in [1.807, 2.05) is 36.4 Å². The molecule has 0 aliphatic carbocycles.